The van der Waals surface area contributed by atoms with E-state index in [1.165, 1.54) is 12.7 Å². The zero-order chi connectivity index (χ0) is 18.3. The Kier molecular flexibility index (Phi) is 3.84. The minimum atomic E-state index is -0.486. The van der Waals surface area contributed by atoms with Gasteiger partial charge in [-0.15, -0.1) is 0 Å². The number of nitrogens with one attached hydrogen (secondary N) is 1. The Morgan fingerprint density at radius 3 is 2.65 bits per heavy atom. The predicted molar refractivity (Wildman–Crippen MR) is 104 cm³/mol. The molecule has 5 heteroatoms. The average Bonchev–Trinajstić information content (AvgIpc) is 3.06. The van der Waals surface area contributed by atoms with E-state index < -0.39 is 6.09 Å². The lowest BCUT2D eigenvalue weighted by Crippen LogP contribution is -2.11. The predicted octanol–water partition coefficient (Wildman–Crippen LogP) is 4.95. The summed E-state index contributed by atoms with van der Waals surface area (Å²) < 4.78 is 6.72. The zero-order valence-electron chi connectivity index (χ0n) is 14.9. The fourth-order valence-electron chi connectivity index (χ4n) is 3.30. The number of rotatable bonds is 2. The second kappa shape index (κ2) is 6.19. The number of ether oxygens (including phenoxy) is 1. The van der Waals surface area contributed by atoms with Crippen LogP contribution in [0.25, 0.3) is 27.7 Å². The van der Waals surface area contributed by atoms with E-state index in [0.717, 1.165) is 33.2 Å². The van der Waals surface area contributed by atoms with Crippen molar-refractivity contribution in [2.45, 2.75) is 13.8 Å². The number of anilines is 1. The summed E-state index contributed by atoms with van der Waals surface area (Å²) in [5.74, 6) is 0. The van der Waals surface area contributed by atoms with Crippen molar-refractivity contribution in [2.24, 2.45) is 0 Å². The van der Waals surface area contributed by atoms with Crippen molar-refractivity contribution in [3.63, 3.8) is 0 Å². The first-order valence-corrected chi connectivity index (χ1v) is 8.40. The highest BCUT2D eigenvalue weighted by Gasteiger charge is 2.12. The van der Waals surface area contributed by atoms with E-state index in [9.17, 15) is 4.79 Å². The lowest BCUT2D eigenvalue weighted by molar-refractivity contribution is 0.187. The van der Waals surface area contributed by atoms with Gasteiger partial charge < -0.3 is 9.14 Å². The number of pyridine rings is 1. The van der Waals surface area contributed by atoms with E-state index >= 15 is 0 Å². The van der Waals surface area contributed by atoms with Gasteiger partial charge in [0.25, 0.3) is 0 Å². The van der Waals surface area contributed by atoms with Gasteiger partial charge in [0.15, 0.2) is 0 Å². The number of nitrogens with zero attached hydrogens (tertiary/aromatic N) is 2. The minimum Gasteiger partial charge on any atom is -0.453 e. The number of hydrogen-bond acceptors (Lipinski definition) is 3. The highest BCUT2D eigenvalue weighted by Crippen LogP contribution is 2.30. The molecule has 26 heavy (non-hydrogen) atoms. The lowest BCUT2D eigenvalue weighted by atomic mass is 10.1. The molecule has 2 heterocycles. The molecule has 0 unspecified atom stereocenters. The molecule has 2 aromatic carbocycles. The number of imidazole rings is 1. The number of amides is 1. The topological polar surface area (TPSA) is 55.6 Å². The van der Waals surface area contributed by atoms with E-state index in [1.54, 1.807) is 0 Å². The van der Waals surface area contributed by atoms with E-state index in [0.29, 0.717) is 5.69 Å². The van der Waals surface area contributed by atoms with E-state index in [4.69, 9.17) is 9.72 Å². The third-order valence-electron chi connectivity index (χ3n) is 4.61. The number of fused-ring (bicyclic) bond motifs is 3. The highest BCUT2D eigenvalue weighted by atomic mass is 16.5. The first-order chi connectivity index (χ1) is 12.6. The molecule has 1 amide bonds. The van der Waals surface area contributed by atoms with Crippen LogP contribution >= 0.6 is 0 Å². The summed E-state index contributed by atoms with van der Waals surface area (Å²) in [6.07, 6.45) is 3.57. The lowest BCUT2D eigenvalue weighted by Gasteiger charge is -2.09. The monoisotopic (exact) mass is 345 g/mol. The van der Waals surface area contributed by atoms with Gasteiger partial charge in [-0.3, -0.25) is 5.32 Å². The van der Waals surface area contributed by atoms with Crippen LogP contribution in [0.2, 0.25) is 0 Å². The van der Waals surface area contributed by atoms with Gasteiger partial charge in [0.05, 0.1) is 12.8 Å². The van der Waals surface area contributed by atoms with Crippen LogP contribution in [0.5, 0.6) is 0 Å². The van der Waals surface area contributed by atoms with Gasteiger partial charge in [-0.2, -0.15) is 0 Å². The van der Waals surface area contributed by atoms with Gasteiger partial charge in [-0.05, 0) is 48.6 Å². The van der Waals surface area contributed by atoms with E-state index in [2.05, 4.69) is 30.4 Å². The van der Waals surface area contributed by atoms with Gasteiger partial charge >= 0.3 is 6.09 Å². The quantitative estimate of drug-likeness (QED) is 0.559. The Bertz CT molecular complexity index is 1140. The molecule has 2 aromatic heterocycles. The molecule has 0 aliphatic rings. The first kappa shape index (κ1) is 16.1. The second-order valence-electron chi connectivity index (χ2n) is 6.36. The van der Waals surface area contributed by atoms with Crippen molar-refractivity contribution in [3.05, 3.63) is 66.0 Å². The maximum absolute atomic E-state index is 11.6. The molecule has 0 radical (unpaired) electrons. The summed E-state index contributed by atoms with van der Waals surface area (Å²) in [5, 5.41) is 4.83. The van der Waals surface area contributed by atoms with E-state index in [-0.39, 0.29) is 0 Å². The van der Waals surface area contributed by atoms with Gasteiger partial charge in [0.1, 0.15) is 5.65 Å². The molecule has 0 spiro atoms. The summed E-state index contributed by atoms with van der Waals surface area (Å²) in [7, 11) is 1.35. The molecule has 5 nitrogen and oxygen atoms in total. The standard InChI is InChI=1S/C21H19N3O2/c1-13-6-4-5-7-17(13)19-12-24-9-8-16-14(2)10-15(22-21(25)26-3)11-18(16)20(24)23-19/h4-12H,1-3H3,(H,22,25). The second-order valence-corrected chi connectivity index (χ2v) is 6.36. The van der Waals surface area contributed by atoms with Crippen LogP contribution in [0.4, 0.5) is 10.5 Å². The minimum absolute atomic E-state index is 0.486. The third kappa shape index (κ3) is 2.67. The van der Waals surface area contributed by atoms with Crippen LogP contribution in [0.1, 0.15) is 11.1 Å². The molecule has 1 N–H and O–H groups in total. The van der Waals surface area contributed by atoms with Crippen molar-refractivity contribution < 1.29 is 9.53 Å². The first-order valence-electron chi connectivity index (χ1n) is 8.40. The van der Waals surface area contributed by atoms with Gasteiger partial charge in [0, 0.05) is 29.0 Å². The maximum Gasteiger partial charge on any atom is 0.411 e. The summed E-state index contributed by atoms with van der Waals surface area (Å²) in [5.41, 5.74) is 5.85. The molecule has 0 fully saturated rings. The number of hydrogen-bond donors (Lipinski definition) is 1. The Labute approximate surface area is 151 Å². The fourth-order valence-corrected chi connectivity index (χ4v) is 3.30. The van der Waals surface area contributed by atoms with Gasteiger partial charge in [-0.25, -0.2) is 9.78 Å². The average molecular weight is 345 g/mol. The molecule has 0 aliphatic carbocycles. The van der Waals surface area contributed by atoms with Crippen molar-refractivity contribution in [1.82, 2.24) is 9.38 Å². The van der Waals surface area contributed by atoms with Crippen molar-refractivity contribution in [2.75, 3.05) is 12.4 Å². The molecule has 4 rings (SSSR count). The molecule has 0 saturated carbocycles. The fraction of sp³-hybridized carbons (Fsp3) is 0.143. The van der Waals surface area contributed by atoms with Crippen LogP contribution in [0.3, 0.4) is 0 Å². The van der Waals surface area contributed by atoms with Crippen molar-refractivity contribution in [1.29, 1.82) is 0 Å². The number of methoxy groups -OCH3 is 1. The highest BCUT2D eigenvalue weighted by molar-refractivity contribution is 6.00. The Morgan fingerprint density at radius 1 is 1.08 bits per heavy atom. The largest absolute Gasteiger partial charge is 0.453 e. The molecule has 0 aliphatic heterocycles. The molecular weight excluding hydrogens is 326 g/mol. The molecule has 0 saturated heterocycles. The number of benzene rings is 2. The number of carbonyl (C=O) groups is 1. The van der Waals surface area contributed by atoms with Crippen LogP contribution < -0.4 is 5.32 Å². The SMILES string of the molecule is COC(=O)Nc1cc(C)c2ccn3cc(-c4ccccc4C)nc3c2c1. The van der Waals surface area contributed by atoms with Crippen LogP contribution in [-0.4, -0.2) is 22.6 Å². The summed E-state index contributed by atoms with van der Waals surface area (Å²) >= 11 is 0. The summed E-state index contributed by atoms with van der Waals surface area (Å²) in [4.78, 5) is 16.4. The molecule has 4 aromatic rings. The third-order valence-corrected chi connectivity index (χ3v) is 4.61. The Morgan fingerprint density at radius 2 is 1.88 bits per heavy atom. The number of carbonyl (C=O) groups excluding carboxylic acids is 1. The summed E-state index contributed by atoms with van der Waals surface area (Å²) in [6.45, 7) is 4.10. The van der Waals surface area contributed by atoms with Crippen molar-refractivity contribution >= 4 is 28.2 Å². The zero-order valence-corrected chi connectivity index (χ0v) is 14.9. The normalized spacial score (nSPS) is 11.0. The van der Waals surface area contributed by atoms with Crippen LogP contribution in [0.15, 0.2) is 54.9 Å². The molecule has 0 bridgehead atoms. The summed E-state index contributed by atoms with van der Waals surface area (Å²) in [6, 6.07) is 14.1. The van der Waals surface area contributed by atoms with Gasteiger partial charge in [-0.1, -0.05) is 24.3 Å². The smallest absolute Gasteiger partial charge is 0.411 e. The van der Waals surface area contributed by atoms with E-state index in [1.807, 2.05) is 48.0 Å². The Hall–Kier alpha value is -3.34. The molecule has 0 atom stereocenters. The molecule has 130 valence electrons. The van der Waals surface area contributed by atoms with Gasteiger partial charge in [0.2, 0.25) is 0 Å². The Balaban J connectivity index is 1.93. The maximum atomic E-state index is 11.6. The molecular formula is C21H19N3O2. The van der Waals surface area contributed by atoms with Crippen molar-refractivity contribution in [3.8, 4) is 11.3 Å². The number of aryl methyl sites for hydroxylation is 2. The van der Waals surface area contributed by atoms with Crippen LogP contribution in [-0.2, 0) is 4.74 Å². The number of aromatic nitrogens is 2. The van der Waals surface area contributed by atoms with Crippen LogP contribution in [0, 0.1) is 13.8 Å².